The largest absolute Gasteiger partial charge is 0.348 e. The summed E-state index contributed by atoms with van der Waals surface area (Å²) in [6.07, 6.45) is 1.60. The molecule has 0 radical (unpaired) electrons. The summed E-state index contributed by atoms with van der Waals surface area (Å²) in [4.78, 5) is 16.2. The van der Waals surface area contributed by atoms with Gasteiger partial charge in [0, 0.05) is 29.3 Å². The third-order valence-electron chi connectivity index (χ3n) is 3.04. The molecule has 20 heavy (non-hydrogen) atoms. The Balaban J connectivity index is 2.06. The van der Waals surface area contributed by atoms with E-state index in [1.54, 1.807) is 18.3 Å². The minimum atomic E-state index is -0.124. The summed E-state index contributed by atoms with van der Waals surface area (Å²) in [7, 11) is 0. The number of hydrogen-bond acceptors (Lipinski definition) is 3. The highest BCUT2D eigenvalue weighted by Gasteiger charge is 2.07. The van der Waals surface area contributed by atoms with Crippen molar-refractivity contribution in [3.8, 4) is 0 Å². The number of nitrogens with zero attached hydrogens (tertiary/aromatic N) is 1. The molecule has 0 aliphatic carbocycles. The lowest BCUT2D eigenvalue weighted by molar-refractivity contribution is 0.0950. The Morgan fingerprint density at radius 1 is 1.35 bits per heavy atom. The fourth-order valence-electron chi connectivity index (χ4n) is 1.84. The molecule has 0 bridgehead atoms. The molecule has 4 nitrogen and oxygen atoms in total. The number of carbonyl (C=O) groups excluding carboxylic acids is 1. The number of nitrogens with two attached hydrogens (primary N) is 1. The van der Waals surface area contributed by atoms with Crippen LogP contribution in [0.4, 0.5) is 0 Å². The van der Waals surface area contributed by atoms with Crippen molar-refractivity contribution in [2.45, 2.75) is 20.0 Å². The number of nitrogens with one attached hydrogen (secondary N) is 1. The van der Waals surface area contributed by atoms with Gasteiger partial charge in [0.25, 0.3) is 5.91 Å². The Labute approximate surface area is 126 Å². The van der Waals surface area contributed by atoms with E-state index >= 15 is 0 Å². The van der Waals surface area contributed by atoms with Gasteiger partial charge in [-0.3, -0.25) is 9.78 Å². The van der Waals surface area contributed by atoms with Crippen molar-refractivity contribution in [3.05, 3.63) is 63.4 Å². The van der Waals surface area contributed by atoms with Crippen LogP contribution in [0.15, 0.2) is 41.0 Å². The van der Waals surface area contributed by atoms with Crippen molar-refractivity contribution in [3.63, 3.8) is 0 Å². The van der Waals surface area contributed by atoms with Gasteiger partial charge in [-0.2, -0.15) is 0 Å². The zero-order valence-electron chi connectivity index (χ0n) is 11.2. The Morgan fingerprint density at radius 3 is 2.90 bits per heavy atom. The highest BCUT2D eigenvalue weighted by molar-refractivity contribution is 9.10. The van der Waals surface area contributed by atoms with Crippen molar-refractivity contribution < 1.29 is 4.79 Å². The van der Waals surface area contributed by atoms with Crippen LogP contribution < -0.4 is 11.1 Å². The molecule has 0 saturated heterocycles. The molecular weight excluding hydrogens is 318 g/mol. The van der Waals surface area contributed by atoms with E-state index in [1.165, 1.54) is 0 Å². The predicted octanol–water partition coefficient (Wildman–Crippen LogP) is 2.54. The molecule has 2 rings (SSSR count). The molecule has 0 aliphatic rings. The van der Waals surface area contributed by atoms with Crippen LogP contribution in [0.25, 0.3) is 0 Å². The lowest BCUT2D eigenvalue weighted by Gasteiger charge is -2.09. The van der Waals surface area contributed by atoms with Crippen molar-refractivity contribution >= 4 is 21.8 Å². The first-order valence-corrected chi connectivity index (χ1v) is 7.07. The quantitative estimate of drug-likeness (QED) is 0.903. The second kappa shape index (κ2) is 6.63. The monoisotopic (exact) mass is 333 g/mol. The Hall–Kier alpha value is -1.72. The van der Waals surface area contributed by atoms with E-state index < -0.39 is 0 Å². The lowest BCUT2D eigenvalue weighted by atomic mass is 10.1. The third kappa shape index (κ3) is 3.65. The molecule has 0 fully saturated rings. The summed E-state index contributed by atoms with van der Waals surface area (Å²) in [5.41, 5.74) is 9.03. The zero-order chi connectivity index (χ0) is 14.5. The van der Waals surface area contributed by atoms with Gasteiger partial charge in [-0.25, -0.2) is 0 Å². The average molecular weight is 334 g/mol. The van der Waals surface area contributed by atoms with Crippen LogP contribution in [-0.2, 0) is 13.1 Å². The van der Waals surface area contributed by atoms with E-state index in [2.05, 4.69) is 26.2 Å². The number of aryl methyl sites for hydroxylation is 1. The molecule has 1 aromatic heterocycles. The van der Waals surface area contributed by atoms with E-state index in [9.17, 15) is 4.79 Å². The molecule has 0 unspecified atom stereocenters. The molecule has 1 heterocycles. The maximum atomic E-state index is 12.1. The fraction of sp³-hybridized carbons (Fsp3) is 0.200. The van der Waals surface area contributed by atoms with Gasteiger partial charge in [0.15, 0.2) is 0 Å². The topological polar surface area (TPSA) is 68.0 Å². The van der Waals surface area contributed by atoms with E-state index in [1.807, 2.05) is 25.1 Å². The lowest BCUT2D eigenvalue weighted by Crippen LogP contribution is -2.23. The molecule has 0 saturated carbocycles. The maximum absolute atomic E-state index is 12.1. The summed E-state index contributed by atoms with van der Waals surface area (Å²) >= 11 is 3.43. The van der Waals surface area contributed by atoms with E-state index in [-0.39, 0.29) is 5.91 Å². The van der Waals surface area contributed by atoms with Gasteiger partial charge in [-0.1, -0.05) is 22.0 Å². The normalized spacial score (nSPS) is 10.3. The van der Waals surface area contributed by atoms with Crippen molar-refractivity contribution in [1.29, 1.82) is 0 Å². The SMILES string of the molecule is Cc1ccc(Br)cc1CNC(=O)c1ccnc(CN)c1. The second-order valence-electron chi connectivity index (χ2n) is 4.49. The fourth-order valence-corrected chi connectivity index (χ4v) is 2.25. The molecule has 5 heteroatoms. The van der Waals surface area contributed by atoms with Gasteiger partial charge in [0.05, 0.1) is 5.69 Å². The van der Waals surface area contributed by atoms with Gasteiger partial charge < -0.3 is 11.1 Å². The summed E-state index contributed by atoms with van der Waals surface area (Å²) in [6.45, 7) is 2.84. The van der Waals surface area contributed by atoms with Gasteiger partial charge in [-0.15, -0.1) is 0 Å². The van der Waals surface area contributed by atoms with E-state index in [0.717, 1.165) is 15.6 Å². The first-order chi connectivity index (χ1) is 9.60. The summed E-state index contributed by atoms with van der Waals surface area (Å²) in [6, 6.07) is 9.40. The summed E-state index contributed by atoms with van der Waals surface area (Å²) < 4.78 is 1.00. The molecule has 1 aromatic carbocycles. The van der Waals surface area contributed by atoms with E-state index in [4.69, 9.17) is 5.73 Å². The first-order valence-electron chi connectivity index (χ1n) is 6.28. The van der Waals surface area contributed by atoms with Crippen LogP contribution in [0.1, 0.15) is 27.2 Å². The second-order valence-corrected chi connectivity index (χ2v) is 5.41. The summed E-state index contributed by atoms with van der Waals surface area (Å²) in [5.74, 6) is -0.124. The number of halogens is 1. The standard InChI is InChI=1S/C15H16BrN3O/c1-10-2-3-13(16)6-12(10)9-19-15(20)11-4-5-18-14(7-11)8-17/h2-7H,8-9,17H2,1H3,(H,19,20). The smallest absolute Gasteiger partial charge is 0.251 e. The Bertz CT molecular complexity index is 628. The molecule has 1 amide bonds. The third-order valence-corrected chi connectivity index (χ3v) is 3.53. The van der Waals surface area contributed by atoms with Crippen molar-refractivity contribution in [2.75, 3.05) is 0 Å². The van der Waals surface area contributed by atoms with Crippen molar-refractivity contribution in [2.24, 2.45) is 5.73 Å². The zero-order valence-corrected chi connectivity index (χ0v) is 12.8. The number of pyridine rings is 1. The van der Waals surface area contributed by atoms with Crippen molar-refractivity contribution in [1.82, 2.24) is 10.3 Å². The maximum Gasteiger partial charge on any atom is 0.251 e. The van der Waals surface area contributed by atoms with Gasteiger partial charge in [0.2, 0.25) is 0 Å². The van der Waals surface area contributed by atoms with Crippen LogP contribution >= 0.6 is 15.9 Å². The molecular formula is C15H16BrN3O. The number of hydrogen-bond donors (Lipinski definition) is 2. The number of carbonyl (C=O) groups is 1. The number of rotatable bonds is 4. The molecule has 0 aliphatic heterocycles. The highest BCUT2D eigenvalue weighted by Crippen LogP contribution is 2.16. The summed E-state index contributed by atoms with van der Waals surface area (Å²) in [5, 5.41) is 2.91. The molecule has 2 aromatic rings. The van der Waals surface area contributed by atoms with Gasteiger partial charge in [0.1, 0.15) is 0 Å². The molecule has 3 N–H and O–H groups in total. The first kappa shape index (κ1) is 14.7. The number of amides is 1. The number of aromatic nitrogens is 1. The average Bonchev–Trinajstić information content (AvgIpc) is 2.48. The Kier molecular flexibility index (Phi) is 4.87. The van der Waals surface area contributed by atoms with E-state index in [0.29, 0.717) is 24.3 Å². The van der Waals surface area contributed by atoms with Crippen LogP contribution in [0.3, 0.4) is 0 Å². The van der Waals surface area contributed by atoms with Gasteiger partial charge in [-0.05, 0) is 42.3 Å². The van der Waals surface area contributed by atoms with Crippen LogP contribution in [0.5, 0.6) is 0 Å². The predicted molar refractivity (Wildman–Crippen MR) is 82.2 cm³/mol. The molecule has 0 spiro atoms. The highest BCUT2D eigenvalue weighted by atomic mass is 79.9. The minimum absolute atomic E-state index is 0.124. The minimum Gasteiger partial charge on any atom is -0.348 e. The van der Waals surface area contributed by atoms with Crippen LogP contribution in [0.2, 0.25) is 0 Å². The molecule has 0 atom stereocenters. The Morgan fingerprint density at radius 2 is 2.15 bits per heavy atom. The molecule has 104 valence electrons. The van der Waals surface area contributed by atoms with Crippen LogP contribution in [0, 0.1) is 6.92 Å². The number of benzene rings is 1. The van der Waals surface area contributed by atoms with Crippen LogP contribution in [-0.4, -0.2) is 10.9 Å². The van der Waals surface area contributed by atoms with Gasteiger partial charge >= 0.3 is 0 Å².